The van der Waals surface area contributed by atoms with E-state index in [1.807, 2.05) is 18.2 Å². The second-order valence-electron chi connectivity index (χ2n) is 7.29. The zero-order valence-corrected chi connectivity index (χ0v) is 17.8. The predicted molar refractivity (Wildman–Crippen MR) is 113 cm³/mol. The SMILES string of the molecule is FC(F)(F)Oc1ccc(C(Cl)(CCCc2cccc(Oc3ccccc3)c2)C(F)(F)F)cc1. The van der Waals surface area contributed by atoms with Crippen molar-refractivity contribution in [2.75, 3.05) is 0 Å². The summed E-state index contributed by atoms with van der Waals surface area (Å²) in [6.07, 6.45) is -9.85. The van der Waals surface area contributed by atoms with Crippen LogP contribution in [0.15, 0.2) is 78.9 Å². The van der Waals surface area contributed by atoms with Crippen LogP contribution in [0, 0.1) is 0 Å². The molecule has 0 saturated heterocycles. The van der Waals surface area contributed by atoms with Crippen molar-refractivity contribution in [2.24, 2.45) is 0 Å². The molecule has 0 aromatic heterocycles. The Morgan fingerprint density at radius 1 is 0.697 bits per heavy atom. The van der Waals surface area contributed by atoms with E-state index in [0.717, 1.165) is 29.8 Å². The normalized spacial score (nSPS) is 13.9. The highest BCUT2D eigenvalue weighted by Crippen LogP contribution is 2.48. The molecule has 1 unspecified atom stereocenters. The number of ether oxygens (including phenoxy) is 2. The molecule has 0 amide bonds. The molecule has 33 heavy (non-hydrogen) atoms. The molecule has 0 bridgehead atoms. The Morgan fingerprint density at radius 3 is 1.94 bits per heavy atom. The number of halogens is 7. The number of alkyl halides is 7. The first-order chi connectivity index (χ1) is 15.5. The van der Waals surface area contributed by atoms with E-state index < -0.39 is 29.6 Å². The fraction of sp³-hybridized carbons (Fsp3) is 0.250. The lowest BCUT2D eigenvalue weighted by Gasteiger charge is -2.30. The highest BCUT2D eigenvalue weighted by Gasteiger charge is 2.54. The number of benzene rings is 3. The van der Waals surface area contributed by atoms with Gasteiger partial charge >= 0.3 is 12.5 Å². The Balaban J connectivity index is 1.69. The summed E-state index contributed by atoms with van der Waals surface area (Å²) < 4.78 is 87.9. The van der Waals surface area contributed by atoms with Gasteiger partial charge in [0.1, 0.15) is 17.2 Å². The average molecular weight is 489 g/mol. The van der Waals surface area contributed by atoms with Gasteiger partial charge in [0.15, 0.2) is 4.87 Å². The second kappa shape index (κ2) is 9.95. The van der Waals surface area contributed by atoms with Crippen LogP contribution in [0.5, 0.6) is 17.2 Å². The third kappa shape index (κ3) is 6.81. The molecule has 0 N–H and O–H groups in total. The van der Waals surface area contributed by atoms with Gasteiger partial charge in [-0.25, -0.2) is 0 Å². The van der Waals surface area contributed by atoms with Gasteiger partial charge < -0.3 is 9.47 Å². The maximum atomic E-state index is 13.8. The van der Waals surface area contributed by atoms with Gasteiger partial charge in [0, 0.05) is 0 Å². The molecular formula is C24H19ClF6O2. The van der Waals surface area contributed by atoms with Crippen molar-refractivity contribution >= 4 is 11.6 Å². The monoisotopic (exact) mass is 488 g/mol. The molecule has 1 atom stereocenters. The van der Waals surface area contributed by atoms with Crippen molar-refractivity contribution in [3.8, 4) is 17.2 Å². The van der Waals surface area contributed by atoms with Crippen LogP contribution < -0.4 is 9.47 Å². The molecule has 0 heterocycles. The van der Waals surface area contributed by atoms with Crippen LogP contribution in [0.3, 0.4) is 0 Å². The summed E-state index contributed by atoms with van der Waals surface area (Å²) in [5, 5.41) is 0. The lowest BCUT2D eigenvalue weighted by atomic mass is 9.91. The topological polar surface area (TPSA) is 18.5 Å². The molecule has 0 aliphatic heterocycles. The first-order valence-electron chi connectivity index (χ1n) is 9.90. The van der Waals surface area contributed by atoms with E-state index in [0.29, 0.717) is 17.9 Å². The molecule has 0 aliphatic carbocycles. The lowest BCUT2D eigenvalue weighted by molar-refractivity contribution is -0.274. The molecular weight excluding hydrogens is 470 g/mol. The fourth-order valence-corrected chi connectivity index (χ4v) is 3.56. The maximum Gasteiger partial charge on any atom is 0.573 e. The standard InChI is InChI=1S/C24H19ClF6O2/c25-22(23(26,27)28,18-11-13-20(14-12-18)33-24(29,30)31)15-5-7-17-6-4-10-21(16-17)32-19-8-2-1-3-9-19/h1-4,6,8-14,16H,5,7,15H2. The minimum atomic E-state index is -4.94. The summed E-state index contributed by atoms with van der Waals surface area (Å²) in [7, 11) is 0. The Hall–Kier alpha value is -2.87. The summed E-state index contributed by atoms with van der Waals surface area (Å²) in [4.78, 5) is -2.75. The van der Waals surface area contributed by atoms with Crippen molar-refractivity contribution in [3.05, 3.63) is 90.0 Å². The smallest absolute Gasteiger partial charge is 0.457 e. The van der Waals surface area contributed by atoms with Crippen molar-refractivity contribution in [3.63, 3.8) is 0 Å². The molecule has 3 aromatic carbocycles. The fourth-order valence-electron chi connectivity index (χ4n) is 3.30. The molecule has 0 fully saturated rings. The minimum absolute atomic E-state index is 0.0819. The number of hydrogen-bond acceptors (Lipinski definition) is 2. The molecule has 0 spiro atoms. The van der Waals surface area contributed by atoms with Gasteiger partial charge in [0.2, 0.25) is 0 Å². The van der Waals surface area contributed by atoms with E-state index in [9.17, 15) is 26.3 Å². The van der Waals surface area contributed by atoms with Crippen molar-refractivity contribution in [1.29, 1.82) is 0 Å². The van der Waals surface area contributed by atoms with Gasteiger partial charge in [-0.1, -0.05) is 42.5 Å². The zero-order valence-electron chi connectivity index (χ0n) is 17.1. The molecule has 3 aromatic rings. The van der Waals surface area contributed by atoms with Gasteiger partial charge in [-0.05, 0) is 66.8 Å². The van der Waals surface area contributed by atoms with Crippen LogP contribution in [-0.2, 0) is 11.3 Å². The molecule has 0 saturated carbocycles. The van der Waals surface area contributed by atoms with Crippen molar-refractivity contribution < 1.29 is 35.8 Å². The highest BCUT2D eigenvalue weighted by molar-refractivity contribution is 6.24. The third-order valence-electron chi connectivity index (χ3n) is 4.86. The van der Waals surface area contributed by atoms with Gasteiger partial charge in [0.05, 0.1) is 0 Å². The summed E-state index contributed by atoms with van der Waals surface area (Å²) in [5.41, 5.74) is 0.408. The molecule has 0 radical (unpaired) electrons. The van der Waals surface area contributed by atoms with Crippen LogP contribution in [-0.4, -0.2) is 12.5 Å². The lowest BCUT2D eigenvalue weighted by Crippen LogP contribution is -2.37. The van der Waals surface area contributed by atoms with Crippen LogP contribution in [0.2, 0.25) is 0 Å². The van der Waals surface area contributed by atoms with E-state index in [1.165, 1.54) is 0 Å². The average Bonchev–Trinajstić information content (AvgIpc) is 2.73. The quantitative estimate of drug-likeness (QED) is 0.234. The second-order valence-corrected chi connectivity index (χ2v) is 7.93. The first kappa shape index (κ1) is 24.8. The summed E-state index contributed by atoms with van der Waals surface area (Å²) in [6.45, 7) is 0. The Kier molecular flexibility index (Phi) is 7.47. The zero-order chi connectivity index (χ0) is 24.1. The van der Waals surface area contributed by atoms with Crippen LogP contribution in [0.25, 0.3) is 0 Å². The Morgan fingerprint density at radius 2 is 1.33 bits per heavy atom. The Labute approximate surface area is 191 Å². The molecule has 9 heteroatoms. The van der Waals surface area contributed by atoms with Gasteiger partial charge in [-0.2, -0.15) is 13.2 Å². The third-order valence-corrected chi connectivity index (χ3v) is 5.48. The van der Waals surface area contributed by atoms with Gasteiger partial charge in [-0.15, -0.1) is 24.8 Å². The minimum Gasteiger partial charge on any atom is -0.457 e. The molecule has 2 nitrogen and oxygen atoms in total. The summed E-state index contributed by atoms with van der Waals surface area (Å²) in [6, 6.07) is 19.5. The van der Waals surface area contributed by atoms with E-state index in [-0.39, 0.29) is 12.0 Å². The summed E-state index contributed by atoms with van der Waals surface area (Å²) >= 11 is 6.02. The van der Waals surface area contributed by atoms with Crippen molar-refractivity contribution in [2.45, 2.75) is 36.7 Å². The Bertz CT molecular complexity index is 1040. The molecule has 176 valence electrons. The van der Waals surface area contributed by atoms with E-state index >= 15 is 0 Å². The largest absolute Gasteiger partial charge is 0.573 e. The van der Waals surface area contributed by atoms with Crippen molar-refractivity contribution in [1.82, 2.24) is 0 Å². The molecule has 0 aliphatic rings. The maximum absolute atomic E-state index is 13.8. The predicted octanol–water partition coefficient (Wildman–Crippen LogP) is 8.40. The van der Waals surface area contributed by atoms with E-state index in [1.54, 1.807) is 36.4 Å². The number of para-hydroxylation sites is 1. The first-order valence-corrected chi connectivity index (χ1v) is 10.3. The van der Waals surface area contributed by atoms with Crippen LogP contribution in [0.4, 0.5) is 26.3 Å². The van der Waals surface area contributed by atoms with Gasteiger partial charge in [-0.3, -0.25) is 0 Å². The highest BCUT2D eigenvalue weighted by atomic mass is 35.5. The van der Waals surface area contributed by atoms with E-state index in [2.05, 4.69) is 4.74 Å². The van der Waals surface area contributed by atoms with Gasteiger partial charge in [0.25, 0.3) is 0 Å². The number of rotatable bonds is 8. The number of hydrogen-bond donors (Lipinski definition) is 0. The van der Waals surface area contributed by atoms with Crippen LogP contribution in [0.1, 0.15) is 24.0 Å². The van der Waals surface area contributed by atoms with E-state index in [4.69, 9.17) is 16.3 Å². The van der Waals surface area contributed by atoms with Crippen LogP contribution >= 0.6 is 11.6 Å². The summed E-state index contributed by atoms with van der Waals surface area (Å²) in [5.74, 6) is 0.555. The number of aryl methyl sites for hydroxylation is 1. The molecule has 3 rings (SSSR count).